The van der Waals surface area contributed by atoms with Crippen LogP contribution in [0.2, 0.25) is 5.02 Å². The third kappa shape index (κ3) is 4.03. The van der Waals surface area contributed by atoms with Crippen molar-refractivity contribution in [3.8, 4) is 0 Å². The van der Waals surface area contributed by atoms with E-state index in [9.17, 15) is 13.2 Å². The lowest BCUT2D eigenvalue weighted by Crippen LogP contribution is -2.50. The number of aromatic nitrogens is 1. The number of hydrogen-bond donors (Lipinski definition) is 1. The van der Waals surface area contributed by atoms with E-state index >= 15 is 0 Å². The summed E-state index contributed by atoms with van der Waals surface area (Å²) < 4.78 is 27.0. The first-order valence-corrected chi connectivity index (χ1v) is 11.4. The number of hydrogen-bond acceptors (Lipinski definition) is 3. The predicted molar refractivity (Wildman–Crippen MR) is 113 cm³/mol. The Kier molecular flexibility index (Phi) is 5.63. The summed E-state index contributed by atoms with van der Waals surface area (Å²) in [4.78, 5) is 17.7. The maximum atomic E-state index is 12.8. The average Bonchev–Trinajstić information content (AvgIpc) is 3.15. The Balaban J connectivity index is 1.36. The predicted octanol–water partition coefficient (Wildman–Crippen LogP) is 3.29. The van der Waals surface area contributed by atoms with Crippen LogP contribution in [0.25, 0.3) is 10.9 Å². The molecule has 29 heavy (non-hydrogen) atoms. The van der Waals surface area contributed by atoms with Crippen molar-refractivity contribution >= 4 is 38.4 Å². The summed E-state index contributed by atoms with van der Waals surface area (Å²) in [6.45, 7) is 1.31. The number of aryl methyl sites for hydroxylation is 1. The molecule has 6 nitrogen and oxygen atoms in total. The fraction of sp³-hybridized carbons (Fsp3) is 0.286. The molecule has 1 aromatic heterocycles. The number of fused-ring (bicyclic) bond motifs is 1. The molecule has 1 fully saturated rings. The van der Waals surface area contributed by atoms with Crippen molar-refractivity contribution in [2.24, 2.45) is 0 Å². The minimum absolute atomic E-state index is 0.0464. The Bertz CT molecular complexity index is 1130. The highest BCUT2D eigenvalue weighted by atomic mass is 35.5. The van der Waals surface area contributed by atoms with Crippen LogP contribution in [0.1, 0.15) is 12.0 Å². The molecule has 0 radical (unpaired) electrons. The highest BCUT2D eigenvalue weighted by Crippen LogP contribution is 2.25. The number of benzene rings is 2. The van der Waals surface area contributed by atoms with Gasteiger partial charge in [0.25, 0.3) is 0 Å². The number of amides is 1. The van der Waals surface area contributed by atoms with Crippen LogP contribution in [0.5, 0.6) is 0 Å². The zero-order valence-electron chi connectivity index (χ0n) is 15.8. The van der Waals surface area contributed by atoms with Gasteiger partial charge in [0, 0.05) is 49.7 Å². The number of sulfonamides is 1. The molecule has 0 spiro atoms. The number of H-pyrrole nitrogens is 1. The largest absolute Gasteiger partial charge is 0.361 e. The molecule has 0 atom stereocenters. The number of nitrogens with one attached hydrogen (secondary N) is 1. The van der Waals surface area contributed by atoms with Gasteiger partial charge in [0.1, 0.15) is 4.90 Å². The van der Waals surface area contributed by atoms with Gasteiger partial charge in [-0.15, -0.1) is 0 Å². The third-order valence-corrected chi connectivity index (χ3v) is 7.73. The number of carbonyl (C=O) groups is 1. The molecule has 3 aromatic rings. The molecule has 2 aromatic carbocycles. The van der Waals surface area contributed by atoms with Gasteiger partial charge in [0.05, 0.1) is 5.02 Å². The number of aromatic amines is 1. The van der Waals surface area contributed by atoms with Crippen molar-refractivity contribution < 1.29 is 13.2 Å². The zero-order valence-corrected chi connectivity index (χ0v) is 17.4. The van der Waals surface area contributed by atoms with Gasteiger partial charge in [0.15, 0.2) is 0 Å². The molecule has 152 valence electrons. The molecule has 0 saturated carbocycles. The van der Waals surface area contributed by atoms with Gasteiger partial charge < -0.3 is 9.88 Å². The SMILES string of the molecule is O=C(CCc1c[nH]c2ccccc12)N1CCN(S(=O)(=O)c2ccccc2Cl)CC1. The first-order valence-electron chi connectivity index (χ1n) is 9.54. The summed E-state index contributed by atoms with van der Waals surface area (Å²) >= 11 is 6.07. The van der Waals surface area contributed by atoms with Crippen molar-refractivity contribution in [1.82, 2.24) is 14.2 Å². The summed E-state index contributed by atoms with van der Waals surface area (Å²) in [6, 6.07) is 14.5. The summed E-state index contributed by atoms with van der Waals surface area (Å²) in [5.41, 5.74) is 2.18. The van der Waals surface area contributed by atoms with Gasteiger partial charge in [-0.05, 0) is 30.2 Å². The standard InChI is InChI=1S/C21H22ClN3O3S/c22-18-6-2-4-8-20(18)29(27,28)25-13-11-24(12-14-25)21(26)10-9-16-15-23-19-7-3-1-5-17(16)19/h1-8,15,23H,9-14H2. The monoisotopic (exact) mass is 431 g/mol. The minimum Gasteiger partial charge on any atom is -0.361 e. The second kappa shape index (κ2) is 8.18. The van der Waals surface area contributed by atoms with Crippen LogP contribution in [0.15, 0.2) is 59.6 Å². The lowest BCUT2D eigenvalue weighted by Gasteiger charge is -2.34. The number of halogens is 1. The Hall–Kier alpha value is -2.35. The van der Waals surface area contributed by atoms with E-state index in [0.29, 0.717) is 25.9 Å². The Morgan fingerprint density at radius 1 is 1.00 bits per heavy atom. The van der Waals surface area contributed by atoms with E-state index in [1.807, 2.05) is 30.5 Å². The smallest absolute Gasteiger partial charge is 0.244 e. The molecule has 4 rings (SSSR count). The highest BCUT2D eigenvalue weighted by molar-refractivity contribution is 7.89. The van der Waals surface area contributed by atoms with Crippen LogP contribution >= 0.6 is 11.6 Å². The van der Waals surface area contributed by atoms with Crippen molar-refractivity contribution in [3.05, 3.63) is 65.3 Å². The summed E-state index contributed by atoms with van der Waals surface area (Å²) in [7, 11) is -3.65. The van der Waals surface area contributed by atoms with E-state index in [4.69, 9.17) is 11.6 Å². The topological polar surface area (TPSA) is 73.5 Å². The molecule has 1 N–H and O–H groups in total. The number of para-hydroxylation sites is 1. The second-order valence-electron chi connectivity index (χ2n) is 7.07. The maximum Gasteiger partial charge on any atom is 0.244 e. The maximum absolute atomic E-state index is 12.8. The summed E-state index contributed by atoms with van der Waals surface area (Å²) in [5.74, 6) is 0.0464. The van der Waals surface area contributed by atoms with Crippen molar-refractivity contribution in [1.29, 1.82) is 0 Å². The molecule has 1 aliphatic rings. The molecule has 1 saturated heterocycles. The Labute approximate surface area is 175 Å². The molecule has 1 aliphatic heterocycles. The van der Waals surface area contributed by atoms with Gasteiger partial charge in [-0.2, -0.15) is 4.31 Å². The molecular weight excluding hydrogens is 410 g/mol. The molecule has 8 heteroatoms. The Morgan fingerprint density at radius 3 is 2.45 bits per heavy atom. The number of rotatable bonds is 5. The quantitative estimate of drug-likeness (QED) is 0.673. The minimum atomic E-state index is -3.65. The van der Waals surface area contributed by atoms with Gasteiger partial charge in [-0.3, -0.25) is 4.79 Å². The number of carbonyl (C=O) groups excluding carboxylic acids is 1. The van der Waals surface area contributed by atoms with E-state index in [0.717, 1.165) is 16.5 Å². The van der Waals surface area contributed by atoms with Gasteiger partial charge >= 0.3 is 0 Å². The number of nitrogens with zero attached hydrogens (tertiary/aromatic N) is 2. The molecule has 1 amide bonds. The van der Waals surface area contributed by atoms with E-state index < -0.39 is 10.0 Å². The normalized spacial score (nSPS) is 15.7. The van der Waals surface area contributed by atoms with Crippen LogP contribution in [0, 0.1) is 0 Å². The highest BCUT2D eigenvalue weighted by Gasteiger charge is 2.31. The van der Waals surface area contributed by atoms with Crippen LogP contribution < -0.4 is 0 Å². The summed E-state index contributed by atoms with van der Waals surface area (Å²) in [5, 5.41) is 1.35. The van der Waals surface area contributed by atoms with Gasteiger partial charge in [-0.1, -0.05) is 41.9 Å². The molecule has 0 unspecified atom stereocenters. The van der Waals surface area contributed by atoms with Gasteiger partial charge in [0.2, 0.25) is 15.9 Å². The molecule has 0 aliphatic carbocycles. The fourth-order valence-corrected chi connectivity index (χ4v) is 5.62. The molecule has 0 bridgehead atoms. The summed E-state index contributed by atoms with van der Waals surface area (Å²) in [6.07, 6.45) is 3.01. The second-order valence-corrected chi connectivity index (χ2v) is 9.39. The van der Waals surface area contributed by atoms with Crippen molar-refractivity contribution in [2.75, 3.05) is 26.2 Å². The van der Waals surface area contributed by atoms with E-state index in [-0.39, 0.29) is 28.9 Å². The van der Waals surface area contributed by atoms with E-state index in [1.54, 1.807) is 23.1 Å². The van der Waals surface area contributed by atoms with E-state index in [2.05, 4.69) is 4.98 Å². The lowest BCUT2D eigenvalue weighted by molar-refractivity contribution is -0.132. The third-order valence-electron chi connectivity index (χ3n) is 5.33. The first kappa shape index (κ1) is 19.9. The first-order chi connectivity index (χ1) is 14.0. The molecular formula is C21H22ClN3O3S. The fourth-order valence-electron chi connectivity index (χ4n) is 3.71. The lowest BCUT2D eigenvalue weighted by atomic mass is 10.1. The average molecular weight is 432 g/mol. The van der Waals surface area contributed by atoms with Crippen molar-refractivity contribution in [2.45, 2.75) is 17.7 Å². The van der Waals surface area contributed by atoms with Crippen molar-refractivity contribution in [3.63, 3.8) is 0 Å². The van der Waals surface area contributed by atoms with Gasteiger partial charge in [-0.25, -0.2) is 8.42 Å². The van der Waals surface area contributed by atoms with Crippen LogP contribution in [-0.4, -0.2) is 54.7 Å². The van der Waals surface area contributed by atoms with E-state index in [1.165, 1.54) is 10.4 Å². The van der Waals surface area contributed by atoms with Crippen LogP contribution in [0.3, 0.4) is 0 Å². The Morgan fingerprint density at radius 2 is 1.69 bits per heavy atom. The van der Waals surface area contributed by atoms with Crippen LogP contribution in [-0.2, 0) is 21.2 Å². The number of piperazine rings is 1. The van der Waals surface area contributed by atoms with Crippen LogP contribution in [0.4, 0.5) is 0 Å². The molecule has 2 heterocycles. The zero-order chi connectivity index (χ0) is 20.4.